The van der Waals surface area contributed by atoms with Gasteiger partial charge in [-0.25, -0.2) is 4.79 Å². The lowest BCUT2D eigenvalue weighted by Crippen LogP contribution is -2.47. The Hall–Kier alpha value is -3.19. The second-order valence-corrected chi connectivity index (χ2v) is 11.1. The largest absolute Gasteiger partial charge is 0.333 e. The van der Waals surface area contributed by atoms with Gasteiger partial charge in [0.25, 0.3) is 0 Å². The van der Waals surface area contributed by atoms with E-state index >= 15 is 0 Å². The van der Waals surface area contributed by atoms with E-state index in [1.54, 1.807) is 0 Å². The quantitative estimate of drug-likeness (QED) is 0.466. The second kappa shape index (κ2) is 11.3. The number of fused-ring (bicyclic) bond motifs is 1. The van der Waals surface area contributed by atoms with Crippen molar-refractivity contribution >= 4 is 17.4 Å². The molecule has 2 heterocycles. The van der Waals surface area contributed by atoms with Gasteiger partial charge in [-0.05, 0) is 80.4 Å². The van der Waals surface area contributed by atoms with E-state index in [2.05, 4.69) is 109 Å². The van der Waals surface area contributed by atoms with Gasteiger partial charge in [-0.1, -0.05) is 42.5 Å². The summed E-state index contributed by atoms with van der Waals surface area (Å²) in [5.41, 5.74) is 10.3. The van der Waals surface area contributed by atoms with Crippen LogP contribution in [0.25, 0.3) is 11.1 Å². The number of carbonyl (C=O) groups is 1. The molecule has 200 valence electrons. The molecule has 0 radical (unpaired) electrons. The number of nitrogens with zero attached hydrogens (tertiary/aromatic N) is 4. The summed E-state index contributed by atoms with van der Waals surface area (Å²) < 4.78 is 0. The Bertz CT molecular complexity index is 1290. The zero-order chi connectivity index (χ0) is 26.8. The molecule has 1 fully saturated rings. The van der Waals surface area contributed by atoms with Gasteiger partial charge in [0.15, 0.2) is 0 Å². The first-order valence-corrected chi connectivity index (χ1v) is 13.8. The highest BCUT2D eigenvalue weighted by Gasteiger charge is 2.30. The average Bonchev–Trinajstić information content (AvgIpc) is 2.89. The Morgan fingerprint density at radius 3 is 2.16 bits per heavy atom. The second-order valence-electron chi connectivity index (χ2n) is 11.1. The normalized spacial score (nSPS) is 16.6. The highest BCUT2D eigenvalue weighted by Crippen LogP contribution is 2.41. The van der Waals surface area contributed by atoms with Gasteiger partial charge in [0.2, 0.25) is 0 Å². The number of aryl methyl sites for hydroxylation is 3. The van der Waals surface area contributed by atoms with Crippen molar-refractivity contribution in [3.63, 3.8) is 0 Å². The predicted molar refractivity (Wildman–Crippen MR) is 157 cm³/mol. The average molecular weight is 512 g/mol. The predicted octanol–water partition coefficient (Wildman–Crippen LogP) is 5.32. The molecule has 6 nitrogen and oxygen atoms in total. The van der Waals surface area contributed by atoms with Crippen LogP contribution in [0.5, 0.6) is 0 Å². The highest BCUT2D eigenvalue weighted by molar-refractivity contribution is 6.04. The first-order chi connectivity index (χ1) is 18.3. The van der Waals surface area contributed by atoms with E-state index in [-0.39, 0.29) is 6.03 Å². The molecule has 0 atom stereocenters. The van der Waals surface area contributed by atoms with Gasteiger partial charge in [-0.15, -0.1) is 0 Å². The summed E-state index contributed by atoms with van der Waals surface area (Å²) in [6.07, 6.45) is 0. The van der Waals surface area contributed by atoms with Crippen molar-refractivity contribution in [3.05, 3.63) is 82.4 Å². The maximum Gasteiger partial charge on any atom is 0.326 e. The Balaban J connectivity index is 1.53. The standard InChI is InChI=1S/C32H41N5O/c1-23-9-6-7-12-27(23)28-19-26(22-36-17-15-35(16-18-36)14-13-34(4)5)20-30-29(28)21-33-32(38)37(30)31-24(2)10-8-11-25(31)3/h6-12,19-20H,13-18,21-22H2,1-5H3,(H,33,38). The molecule has 38 heavy (non-hydrogen) atoms. The monoisotopic (exact) mass is 511 g/mol. The number of benzene rings is 3. The van der Waals surface area contributed by atoms with Crippen molar-refractivity contribution in [3.8, 4) is 11.1 Å². The SMILES string of the molecule is Cc1ccccc1-c1cc(CN2CCN(CCN(C)C)CC2)cc2c1CNC(=O)N2c1c(C)cccc1C. The highest BCUT2D eigenvalue weighted by atomic mass is 16.2. The van der Waals surface area contributed by atoms with Crippen molar-refractivity contribution < 1.29 is 4.79 Å². The maximum atomic E-state index is 13.4. The van der Waals surface area contributed by atoms with Gasteiger partial charge < -0.3 is 10.2 Å². The maximum absolute atomic E-state index is 13.4. The van der Waals surface area contributed by atoms with Crippen LogP contribution < -0.4 is 10.2 Å². The van der Waals surface area contributed by atoms with E-state index in [0.717, 1.165) is 68.3 Å². The van der Waals surface area contributed by atoms with E-state index in [0.29, 0.717) is 6.54 Å². The van der Waals surface area contributed by atoms with E-state index in [4.69, 9.17) is 0 Å². The lowest BCUT2D eigenvalue weighted by molar-refractivity contribution is 0.120. The zero-order valence-electron chi connectivity index (χ0n) is 23.6. The molecule has 5 rings (SSSR count). The lowest BCUT2D eigenvalue weighted by Gasteiger charge is -2.36. The molecule has 2 amide bonds. The molecular formula is C32H41N5O. The lowest BCUT2D eigenvalue weighted by atomic mass is 9.91. The molecule has 3 aromatic carbocycles. The smallest absolute Gasteiger partial charge is 0.326 e. The van der Waals surface area contributed by atoms with Crippen molar-refractivity contribution in [2.45, 2.75) is 33.9 Å². The summed E-state index contributed by atoms with van der Waals surface area (Å²) in [5, 5.41) is 3.16. The summed E-state index contributed by atoms with van der Waals surface area (Å²) in [5.74, 6) is 0. The summed E-state index contributed by atoms with van der Waals surface area (Å²) >= 11 is 0. The van der Waals surface area contributed by atoms with E-state index in [1.165, 1.54) is 27.8 Å². The molecule has 0 aromatic heterocycles. The van der Waals surface area contributed by atoms with Gasteiger partial charge >= 0.3 is 6.03 Å². The fourth-order valence-electron chi connectivity index (χ4n) is 5.81. The topological polar surface area (TPSA) is 42.1 Å². The number of amides is 2. The van der Waals surface area contributed by atoms with Crippen molar-refractivity contribution in [2.24, 2.45) is 0 Å². The fourth-order valence-corrected chi connectivity index (χ4v) is 5.81. The van der Waals surface area contributed by atoms with Gasteiger partial charge in [0.05, 0.1) is 11.4 Å². The molecule has 0 unspecified atom stereocenters. The first-order valence-electron chi connectivity index (χ1n) is 13.8. The molecule has 1 N–H and O–H groups in total. The minimum Gasteiger partial charge on any atom is -0.333 e. The number of hydrogen-bond acceptors (Lipinski definition) is 4. The molecule has 0 aliphatic carbocycles. The van der Waals surface area contributed by atoms with Gasteiger partial charge in [-0.3, -0.25) is 14.7 Å². The van der Waals surface area contributed by atoms with Gasteiger partial charge in [0, 0.05) is 57.9 Å². The van der Waals surface area contributed by atoms with Crippen molar-refractivity contribution in [1.29, 1.82) is 0 Å². The Labute approximate surface area is 227 Å². The van der Waals surface area contributed by atoms with Gasteiger partial charge in [-0.2, -0.15) is 0 Å². The summed E-state index contributed by atoms with van der Waals surface area (Å²) in [7, 11) is 4.28. The van der Waals surface area contributed by atoms with E-state index < -0.39 is 0 Å². The van der Waals surface area contributed by atoms with Crippen LogP contribution in [0.1, 0.15) is 27.8 Å². The van der Waals surface area contributed by atoms with Crippen LogP contribution in [0.3, 0.4) is 0 Å². The van der Waals surface area contributed by atoms with Crippen molar-refractivity contribution in [1.82, 2.24) is 20.0 Å². The minimum absolute atomic E-state index is 0.0581. The summed E-state index contributed by atoms with van der Waals surface area (Å²) in [6, 6.07) is 19.4. The molecule has 3 aromatic rings. The van der Waals surface area contributed by atoms with Crippen LogP contribution >= 0.6 is 0 Å². The van der Waals surface area contributed by atoms with Crippen LogP contribution in [0.2, 0.25) is 0 Å². The van der Waals surface area contributed by atoms with Crippen LogP contribution in [-0.4, -0.2) is 74.1 Å². The van der Waals surface area contributed by atoms with E-state index in [1.807, 2.05) is 4.90 Å². The number of piperazine rings is 1. The third-order valence-electron chi connectivity index (χ3n) is 7.98. The molecule has 0 spiro atoms. The number of urea groups is 1. The number of carbonyl (C=O) groups excluding carboxylic acids is 1. The number of rotatable bonds is 7. The molecule has 6 heteroatoms. The van der Waals surface area contributed by atoms with Crippen LogP contribution in [0.4, 0.5) is 16.2 Å². The first kappa shape index (κ1) is 26.4. The minimum atomic E-state index is -0.0581. The Kier molecular flexibility index (Phi) is 7.84. The number of hydrogen-bond donors (Lipinski definition) is 1. The molecular weight excluding hydrogens is 470 g/mol. The molecule has 0 bridgehead atoms. The molecule has 1 saturated heterocycles. The number of anilines is 2. The zero-order valence-corrected chi connectivity index (χ0v) is 23.6. The van der Waals surface area contributed by atoms with Crippen LogP contribution in [0.15, 0.2) is 54.6 Å². The van der Waals surface area contributed by atoms with Crippen LogP contribution in [-0.2, 0) is 13.1 Å². The molecule has 0 saturated carbocycles. The number of para-hydroxylation sites is 1. The summed E-state index contributed by atoms with van der Waals surface area (Å²) in [6.45, 7) is 14.3. The Morgan fingerprint density at radius 1 is 0.816 bits per heavy atom. The molecule has 2 aliphatic heterocycles. The van der Waals surface area contributed by atoms with Crippen molar-refractivity contribution in [2.75, 3.05) is 58.3 Å². The fraction of sp³-hybridized carbons (Fsp3) is 0.406. The third kappa shape index (κ3) is 5.48. The third-order valence-corrected chi connectivity index (χ3v) is 7.98. The molecule has 2 aliphatic rings. The van der Waals surface area contributed by atoms with E-state index in [9.17, 15) is 4.79 Å². The van der Waals surface area contributed by atoms with Gasteiger partial charge in [0.1, 0.15) is 0 Å². The van der Waals surface area contributed by atoms with Crippen LogP contribution in [0, 0.1) is 20.8 Å². The summed E-state index contributed by atoms with van der Waals surface area (Å²) in [4.78, 5) is 22.7. The Morgan fingerprint density at radius 2 is 1.47 bits per heavy atom. The number of likely N-dealkylation sites (N-methyl/N-ethyl adjacent to an activating group) is 1. The number of nitrogens with one attached hydrogen (secondary N) is 1.